The first-order valence-electron chi connectivity index (χ1n) is 9.54. The van der Waals surface area contributed by atoms with Gasteiger partial charge in [-0.25, -0.2) is 4.98 Å². The van der Waals surface area contributed by atoms with Crippen molar-refractivity contribution < 1.29 is 5.11 Å². The molecule has 0 saturated carbocycles. The Kier molecular flexibility index (Phi) is 4.40. The number of β-amino-alcohol motifs (C(OH)–C–C–N with tert-alkyl or cyclic N) is 1. The number of aliphatic hydroxyl groups excluding tert-OH is 1. The molecule has 1 saturated heterocycles. The van der Waals surface area contributed by atoms with Gasteiger partial charge < -0.3 is 5.11 Å². The summed E-state index contributed by atoms with van der Waals surface area (Å²) in [5, 5.41) is 14.5. The molecule has 1 aliphatic heterocycles. The van der Waals surface area contributed by atoms with Crippen LogP contribution in [0.4, 0.5) is 0 Å². The van der Waals surface area contributed by atoms with E-state index in [9.17, 15) is 5.11 Å². The lowest BCUT2D eigenvalue weighted by molar-refractivity contribution is 0.106. The molecule has 1 fully saturated rings. The number of rotatable bonds is 4. The largest absolute Gasteiger partial charge is 0.387 e. The van der Waals surface area contributed by atoms with Crippen molar-refractivity contribution in [3.8, 4) is 0 Å². The number of aromatic nitrogens is 1. The Morgan fingerprint density at radius 2 is 1.85 bits per heavy atom. The molecule has 0 spiro atoms. The lowest BCUT2D eigenvalue weighted by atomic mass is 10.0. The monoisotopic (exact) mass is 374 g/mol. The van der Waals surface area contributed by atoms with Crippen LogP contribution in [0.25, 0.3) is 21.0 Å². The highest BCUT2D eigenvalue weighted by molar-refractivity contribution is 7.18. The maximum atomic E-state index is 10.9. The zero-order valence-corrected chi connectivity index (χ0v) is 15.9. The molecule has 2 heterocycles. The van der Waals surface area contributed by atoms with E-state index in [0.717, 1.165) is 30.5 Å². The summed E-state index contributed by atoms with van der Waals surface area (Å²) >= 11 is 1.79. The first kappa shape index (κ1) is 16.9. The van der Waals surface area contributed by atoms with Crippen molar-refractivity contribution in [3.05, 3.63) is 77.3 Å². The SMILES string of the molecule is OC(CN1CCCC1c1nc2ccccc2s1)c1ccc2ccccc2c1. The number of fused-ring (bicyclic) bond motifs is 2. The summed E-state index contributed by atoms with van der Waals surface area (Å²) in [5.41, 5.74) is 2.07. The minimum absolute atomic E-state index is 0.317. The lowest BCUT2D eigenvalue weighted by Crippen LogP contribution is -2.28. The van der Waals surface area contributed by atoms with Crippen LogP contribution in [0.5, 0.6) is 0 Å². The molecule has 2 atom stereocenters. The molecule has 4 heteroatoms. The van der Waals surface area contributed by atoms with Crippen molar-refractivity contribution in [1.29, 1.82) is 0 Å². The highest BCUT2D eigenvalue weighted by Gasteiger charge is 2.30. The Morgan fingerprint density at radius 3 is 2.74 bits per heavy atom. The van der Waals surface area contributed by atoms with Gasteiger partial charge in [0, 0.05) is 6.54 Å². The van der Waals surface area contributed by atoms with Crippen LogP contribution in [0.3, 0.4) is 0 Å². The third-order valence-electron chi connectivity index (χ3n) is 5.52. The molecule has 4 aromatic rings. The van der Waals surface area contributed by atoms with Gasteiger partial charge in [-0.05, 0) is 53.9 Å². The van der Waals surface area contributed by atoms with E-state index in [4.69, 9.17) is 4.98 Å². The van der Waals surface area contributed by atoms with Gasteiger partial charge in [-0.3, -0.25) is 4.90 Å². The molecule has 0 amide bonds. The third-order valence-corrected chi connectivity index (χ3v) is 6.66. The summed E-state index contributed by atoms with van der Waals surface area (Å²) < 4.78 is 1.24. The highest BCUT2D eigenvalue weighted by Crippen LogP contribution is 2.37. The van der Waals surface area contributed by atoms with Crippen molar-refractivity contribution in [2.45, 2.75) is 25.0 Å². The molecule has 3 nitrogen and oxygen atoms in total. The van der Waals surface area contributed by atoms with Gasteiger partial charge in [-0.2, -0.15) is 0 Å². The summed E-state index contributed by atoms with van der Waals surface area (Å²) in [7, 11) is 0. The molecule has 2 unspecified atom stereocenters. The van der Waals surface area contributed by atoms with E-state index < -0.39 is 6.10 Å². The van der Waals surface area contributed by atoms with Gasteiger partial charge in [0.15, 0.2) is 0 Å². The lowest BCUT2D eigenvalue weighted by Gasteiger charge is -2.25. The normalized spacial score (nSPS) is 19.1. The first-order valence-corrected chi connectivity index (χ1v) is 10.4. The average Bonchev–Trinajstić information content (AvgIpc) is 3.33. The van der Waals surface area contributed by atoms with Gasteiger partial charge in [0.25, 0.3) is 0 Å². The average molecular weight is 375 g/mol. The Hall–Kier alpha value is -2.27. The number of thiazole rings is 1. The number of aliphatic hydroxyl groups is 1. The summed E-state index contributed by atoms with van der Waals surface area (Å²) in [6.07, 6.45) is 1.79. The molecule has 1 aromatic heterocycles. The number of likely N-dealkylation sites (tertiary alicyclic amines) is 1. The quantitative estimate of drug-likeness (QED) is 0.525. The van der Waals surface area contributed by atoms with Crippen molar-refractivity contribution in [2.24, 2.45) is 0 Å². The fourth-order valence-electron chi connectivity index (χ4n) is 4.10. The van der Waals surface area contributed by atoms with Gasteiger partial charge in [0.1, 0.15) is 5.01 Å². The second kappa shape index (κ2) is 7.04. The van der Waals surface area contributed by atoms with Gasteiger partial charge in [-0.15, -0.1) is 11.3 Å². The van der Waals surface area contributed by atoms with E-state index in [1.54, 1.807) is 11.3 Å². The van der Waals surface area contributed by atoms with E-state index in [0.29, 0.717) is 12.6 Å². The number of para-hydroxylation sites is 1. The fraction of sp³-hybridized carbons (Fsp3) is 0.261. The van der Waals surface area contributed by atoms with Crippen LogP contribution < -0.4 is 0 Å². The van der Waals surface area contributed by atoms with Crippen molar-refractivity contribution in [3.63, 3.8) is 0 Å². The molecule has 136 valence electrons. The molecule has 27 heavy (non-hydrogen) atoms. The van der Waals surface area contributed by atoms with E-state index >= 15 is 0 Å². The summed E-state index contributed by atoms with van der Waals surface area (Å²) in [6.45, 7) is 1.67. The van der Waals surface area contributed by atoms with Crippen LogP contribution in [-0.2, 0) is 0 Å². The van der Waals surface area contributed by atoms with Crippen LogP contribution in [0.15, 0.2) is 66.7 Å². The number of hydrogen-bond donors (Lipinski definition) is 1. The number of hydrogen-bond acceptors (Lipinski definition) is 4. The van der Waals surface area contributed by atoms with Crippen LogP contribution >= 0.6 is 11.3 Å². The van der Waals surface area contributed by atoms with Crippen molar-refractivity contribution in [1.82, 2.24) is 9.88 Å². The maximum Gasteiger partial charge on any atom is 0.111 e. The number of benzene rings is 3. The predicted octanol–water partition coefficient (Wildman–Crippen LogP) is 5.32. The summed E-state index contributed by atoms with van der Waals surface area (Å²) in [5.74, 6) is 0. The van der Waals surface area contributed by atoms with E-state index in [-0.39, 0.29) is 0 Å². The van der Waals surface area contributed by atoms with Gasteiger partial charge >= 0.3 is 0 Å². The molecule has 1 N–H and O–H groups in total. The van der Waals surface area contributed by atoms with Crippen molar-refractivity contribution in [2.75, 3.05) is 13.1 Å². The first-order chi connectivity index (χ1) is 13.3. The summed E-state index contributed by atoms with van der Waals surface area (Å²) in [4.78, 5) is 7.26. The van der Waals surface area contributed by atoms with E-state index in [1.807, 2.05) is 18.2 Å². The Morgan fingerprint density at radius 1 is 1.04 bits per heavy atom. The zero-order valence-electron chi connectivity index (χ0n) is 15.1. The molecule has 1 aliphatic rings. The predicted molar refractivity (Wildman–Crippen MR) is 112 cm³/mol. The molecule has 0 aliphatic carbocycles. The van der Waals surface area contributed by atoms with Gasteiger partial charge in [-0.1, -0.05) is 48.5 Å². The fourth-order valence-corrected chi connectivity index (χ4v) is 5.24. The second-order valence-electron chi connectivity index (χ2n) is 7.30. The molecule has 5 rings (SSSR count). The van der Waals surface area contributed by atoms with Gasteiger partial charge in [0.2, 0.25) is 0 Å². The smallest absolute Gasteiger partial charge is 0.111 e. The van der Waals surface area contributed by atoms with Crippen LogP contribution in [0.1, 0.15) is 35.6 Å². The third kappa shape index (κ3) is 3.25. The maximum absolute atomic E-state index is 10.9. The number of nitrogens with zero attached hydrogens (tertiary/aromatic N) is 2. The highest BCUT2D eigenvalue weighted by atomic mass is 32.1. The molecule has 3 aromatic carbocycles. The molecular weight excluding hydrogens is 352 g/mol. The van der Waals surface area contributed by atoms with Crippen LogP contribution in [0, 0.1) is 0 Å². The minimum atomic E-state index is -0.482. The Balaban J connectivity index is 1.38. The minimum Gasteiger partial charge on any atom is -0.387 e. The van der Waals surface area contributed by atoms with Crippen molar-refractivity contribution >= 4 is 32.3 Å². The van der Waals surface area contributed by atoms with Crippen LogP contribution in [0.2, 0.25) is 0 Å². The van der Waals surface area contributed by atoms with E-state index in [2.05, 4.69) is 53.4 Å². The van der Waals surface area contributed by atoms with E-state index in [1.165, 1.54) is 20.5 Å². The molecule has 0 radical (unpaired) electrons. The molecule has 0 bridgehead atoms. The standard InChI is InChI=1S/C23H22N2OS/c26-21(18-12-11-16-6-1-2-7-17(16)14-18)15-25-13-5-9-20(25)23-24-19-8-3-4-10-22(19)27-23/h1-4,6-8,10-12,14,20-21,26H,5,9,13,15H2. The Labute approximate surface area is 162 Å². The second-order valence-corrected chi connectivity index (χ2v) is 8.36. The summed E-state index contributed by atoms with van der Waals surface area (Å²) in [6, 6.07) is 23.2. The van der Waals surface area contributed by atoms with Crippen LogP contribution in [-0.4, -0.2) is 28.1 Å². The van der Waals surface area contributed by atoms with Gasteiger partial charge in [0.05, 0.1) is 22.4 Å². The molecular formula is C23H22N2OS. The Bertz CT molecular complexity index is 1060. The zero-order chi connectivity index (χ0) is 18.2. The topological polar surface area (TPSA) is 36.4 Å².